The molecule has 4 rings (SSSR count). The summed E-state index contributed by atoms with van der Waals surface area (Å²) in [6.07, 6.45) is 1.95. The Balaban J connectivity index is 1.80. The van der Waals surface area contributed by atoms with E-state index in [9.17, 15) is 9.59 Å². The lowest BCUT2D eigenvalue weighted by Gasteiger charge is -2.07. The molecule has 2 aromatic carbocycles. The van der Waals surface area contributed by atoms with E-state index in [1.807, 2.05) is 66.1 Å². The maximum absolute atomic E-state index is 12.7. The zero-order chi connectivity index (χ0) is 19.0. The molecule has 0 unspecified atom stereocenters. The number of thioether (sulfide) groups is 1. The summed E-state index contributed by atoms with van der Waals surface area (Å²) in [4.78, 5) is 26.5. The molecule has 5 heteroatoms. The number of carbonyl (C=O) groups is 2. The number of ether oxygens (including phenoxy) is 1. The van der Waals surface area contributed by atoms with Crippen LogP contribution in [0.3, 0.4) is 0 Å². The van der Waals surface area contributed by atoms with E-state index in [0.717, 1.165) is 32.6 Å². The summed E-state index contributed by atoms with van der Waals surface area (Å²) >= 11 is 1.50. The minimum atomic E-state index is -0.265. The fourth-order valence-corrected chi connectivity index (χ4v) is 4.48. The first-order valence-electron chi connectivity index (χ1n) is 8.87. The van der Waals surface area contributed by atoms with Gasteiger partial charge in [-0.2, -0.15) is 0 Å². The molecule has 2 heterocycles. The van der Waals surface area contributed by atoms with E-state index in [0.29, 0.717) is 11.5 Å². The molecule has 0 saturated heterocycles. The normalized spacial score (nSPS) is 14.7. The number of para-hydroxylation sites is 1. The van der Waals surface area contributed by atoms with Crippen molar-refractivity contribution < 1.29 is 14.3 Å². The van der Waals surface area contributed by atoms with Gasteiger partial charge in [-0.15, -0.1) is 0 Å². The minimum absolute atomic E-state index is 0.0530. The van der Waals surface area contributed by atoms with Crippen molar-refractivity contribution in [2.24, 2.45) is 0 Å². The number of rotatable bonds is 4. The Bertz CT molecular complexity index is 1090. The van der Waals surface area contributed by atoms with Crippen molar-refractivity contribution >= 4 is 40.5 Å². The monoisotopic (exact) mass is 377 g/mol. The Morgan fingerprint density at radius 1 is 1.15 bits per heavy atom. The molecule has 4 nitrogen and oxygen atoms in total. The van der Waals surface area contributed by atoms with Gasteiger partial charge in [0.2, 0.25) is 5.78 Å². The molecular formula is C22H19NO3S. The van der Waals surface area contributed by atoms with Crippen LogP contribution in [-0.4, -0.2) is 22.9 Å². The molecule has 0 bridgehead atoms. The number of benzene rings is 2. The van der Waals surface area contributed by atoms with Crippen LogP contribution < -0.4 is 0 Å². The standard InChI is InChI=1S/C22H19NO3S/c1-3-26-21(24)13-23-14(2)17(15-8-4-6-10-18(15)23)12-20-22(25)16-9-5-7-11-19(16)27-20/h4-12H,3,13H2,1-2H3/b20-12-. The predicted octanol–water partition coefficient (Wildman–Crippen LogP) is 4.84. The van der Waals surface area contributed by atoms with E-state index in [-0.39, 0.29) is 18.3 Å². The number of Topliss-reactive ketones (excluding diaryl/α,β-unsaturated/α-hetero) is 1. The van der Waals surface area contributed by atoms with Crippen LogP contribution in [0.2, 0.25) is 0 Å². The fraction of sp³-hybridized carbons (Fsp3) is 0.182. The average molecular weight is 377 g/mol. The first-order valence-corrected chi connectivity index (χ1v) is 9.68. The van der Waals surface area contributed by atoms with E-state index in [1.54, 1.807) is 6.92 Å². The molecule has 1 aromatic heterocycles. The number of carbonyl (C=O) groups excluding carboxylic acids is 2. The molecule has 27 heavy (non-hydrogen) atoms. The van der Waals surface area contributed by atoms with E-state index in [2.05, 4.69) is 0 Å². The van der Waals surface area contributed by atoms with Gasteiger partial charge >= 0.3 is 5.97 Å². The van der Waals surface area contributed by atoms with Crippen molar-refractivity contribution in [3.05, 3.63) is 70.3 Å². The van der Waals surface area contributed by atoms with Crippen LogP contribution in [0.5, 0.6) is 0 Å². The minimum Gasteiger partial charge on any atom is -0.465 e. The molecule has 0 atom stereocenters. The highest BCUT2D eigenvalue weighted by molar-refractivity contribution is 8.04. The average Bonchev–Trinajstić information content (AvgIpc) is 3.12. The molecule has 0 radical (unpaired) electrons. The number of allylic oxidation sites excluding steroid dienone is 1. The van der Waals surface area contributed by atoms with Crippen LogP contribution in [0.4, 0.5) is 0 Å². The van der Waals surface area contributed by atoms with Gasteiger partial charge in [-0.3, -0.25) is 9.59 Å². The molecule has 0 aliphatic carbocycles. The molecule has 1 aliphatic rings. The second-order valence-corrected chi connectivity index (χ2v) is 7.43. The number of hydrogen-bond acceptors (Lipinski definition) is 4. The second-order valence-electron chi connectivity index (χ2n) is 6.34. The van der Waals surface area contributed by atoms with Gasteiger partial charge in [0.25, 0.3) is 0 Å². The highest BCUT2D eigenvalue weighted by Crippen LogP contribution is 2.41. The third kappa shape index (κ3) is 3.08. The van der Waals surface area contributed by atoms with Crippen LogP contribution in [0, 0.1) is 6.92 Å². The summed E-state index contributed by atoms with van der Waals surface area (Å²) in [5.74, 6) is -0.212. The summed E-state index contributed by atoms with van der Waals surface area (Å²) in [5, 5.41) is 1.02. The lowest BCUT2D eigenvalue weighted by Crippen LogP contribution is -2.14. The zero-order valence-corrected chi connectivity index (χ0v) is 16.0. The quantitative estimate of drug-likeness (QED) is 0.482. The van der Waals surface area contributed by atoms with E-state index in [4.69, 9.17) is 4.74 Å². The summed E-state index contributed by atoms with van der Waals surface area (Å²) in [6, 6.07) is 15.6. The Morgan fingerprint density at radius 3 is 2.67 bits per heavy atom. The molecule has 0 N–H and O–H groups in total. The number of aromatic nitrogens is 1. The topological polar surface area (TPSA) is 48.3 Å². The number of hydrogen-bond donors (Lipinski definition) is 0. The lowest BCUT2D eigenvalue weighted by molar-refractivity contribution is -0.143. The molecule has 3 aromatic rings. The molecule has 0 fully saturated rings. The first-order chi connectivity index (χ1) is 13.1. The summed E-state index contributed by atoms with van der Waals surface area (Å²) in [7, 11) is 0. The van der Waals surface area contributed by atoms with Crippen molar-refractivity contribution in [2.75, 3.05) is 6.61 Å². The molecule has 0 saturated carbocycles. The number of fused-ring (bicyclic) bond motifs is 2. The van der Waals surface area contributed by atoms with Crippen molar-refractivity contribution in [3.8, 4) is 0 Å². The van der Waals surface area contributed by atoms with Gasteiger partial charge in [-0.25, -0.2) is 0 Å². The molecule has 0 spiro atoms. The number of ketones is 1. The first kappa shape index (κ1) is 17.6. The Kier molecular flexibility index (Phi) is 4.62. The Hall–Kier alpha value is -2.79. The molecular weight excluding hydrogens is 358 g/mol. The van der Waals surface area contributed by atoms with Gasteiger partial charge in [0.05, 0.1) is 11.5 Å². The van der Waals surface area contributed by atoms with Gasteiger partial charge in [0.15, 0.2) is 0 Å². The molecule has 0 amide bonds. The summed E-state index contributed by atoms with van der Waals surface area (Å²) < 4.78 is 7.07. The molecule has 1 aliphatic heterocycles. The maximum Gasteiger partial charge on any atom is 0.325 e. The van der Waals surface area contributed by atoms with Crippen molar-refractivity contribution in [2.45, 2.75) is 25.3 Å². The van der Waals surface area contributed by atoms with Crippen molar-refractivity contribution in [3.63, 3.8) is 0 Å². The smallest absolute Gasteiger partial charge is 0.325 e. The zero-order valence-electron chi connectivity index (χ0n) is 15.2. The SMILES string of the molecule is CCOC(=O)Cn1c(C)c(/C=C2\Sc3ccccc3C2=O)c2ccccc21. The van der Waals surface area contributed by atoms with Crippen LogP contribution in [0.25, 0.3) is 17.0 Å². The van der Waals surface area contributed by atoms with Crippen LogP contribution in [0.1, 0.15) is 28.5 Å². The number of nitrogens with zero attached hydrogens (tertiary/aromatic N) is 1. The second kappa shape index (κ2) is 7.08. The highest BCUT2D eigenvalue weighted by atomic mass is 32.2. The van der Waals surface area contributed by atoms with Crippen LogP contribution >= 0.6 is 11.8 Å². The largest absolute Gasteiger partial charge is 0.465 e. The van der Waals surface area contributed by atoms with Gasteiger partial charge in [-0.1, -0.05) is 42.1 Å². The molecule has 136 valence electrons. The van der Waals surface area contributed by atoms with Crippen LogP contribution in [0.15, 0.2) is 58.3 Å². The third-order valence-corrected chi connectivity index (χ3v) is 5.82. The Morgan fingerprint density at radius 2 is 1.89 bits per heavy atom. The van der Waals surface area contributed by atoms with Gasteiger partial charge in [0, 0.05) is 32.6 Å². The highest BCUT2D eigenvalue weighted by Gasteiger charge is 2.26. The van der Waals surface area contributed by atoms with E-state index >= 15 is 0 Å². The van der Waals surface area contributed by atoms with Crippen LogP contribution in [-0.2, 0) is 16.1 Å². The van der Waals surface area contributed by atoms with Gasteiger partial charge in [-0.05, 0) is 38.1 Å². The fourth-order valence-electron chi connectivity index (χ4n) is 3.45. The van der Waals surface area contributed by atoms with Gasteiger partial charge in [0.1, 0.15) is 6.54 Å². The summed E-state index contributed by atoms with van der Waals surface area (Å²) in [6.45, 7) is 4.29. The predicted molar refractivity (Wildman–Crippen MR) is 108 cm³/mol. The number of esters is 1. The van der Waals surface area contributed by atoms with Gasteiger partial charge < -0.3 is 9.30 Å². The summed E-state index contributed by atoms with van der Waals surface area (Å²) in [5.41, 5.74) is 3.63. The third-order valence-electron chi connectivity index (χ3n) is 4.72. The Labute approximate surface area is 161 Å². The van der Waals surface area contributed by atoms with E-state index in [1.165, 1.54) is 11.8 Å². The van der Waals surface area contributed by atoms with E-state index < -0.39 is 0 Å². The van der Waals surface area contributed by atoms with Crippen molar-refractivity contribution in [1.82, 2.24) is 4.57 Å². The lowest BCUT2D eigenvalue weighted by atomic mass is 10.1. The maximum atomic E-state index is 12.7. The van der Waals surface area contributed by atoms with Crippen molar-refractivity contribution in [1.29, 1.82) is 0 Å².